The Morgan fingerprint density at radius 2 is 1.75 bits per heavy atom. The summed E-state index contributed by atoms with van der Waals surface area (Å²) in [6.45, 7) is 13.6. The van der Waals surface area contributed by atoms with Gasteiger partial charge in [-0.05, 0) is 37.1 Å². The van der Waals surface area contributed by atoms with Gasteiger partial charge in [-0.25, -0.2) is 0 Å². The second-order valence-electron chi connectivity index (χ2n) is 7.69. The normalized spacial score (nSPS) is 30.0. The molecule has 0 aromatic heterocycles. The molecular weight excluding hydrogens is 196 g/mol. The quantitative estimate of drug-likeness (QED) is 0.802. The van der Waals surface area contributed by atoms with Gasteiger partial charge in [0.1, 0.15) is 0 Å². The number of nitrogens with zero attached hydrogens (tertiary/aromatic N) is 1. The first kappa shape index (κ1) is 14.0. The standard InChI is InChI=1S/C14H30N2/c1-12(2,3)11-16(6)14(10-15)8-7-13(4,5)9-14/h7-11,15H2,1-6H3. The van der Waals surface area contributed by atoms with Gasteiger partial charge in [0.05, 0.1) is 0 Å². The average Bonchev–Trinajstić information content (AvgIpc) is 2.40. The van der Waals surface area contributed by atoms with Crippen LogP contribution in [0.15, 0.2) is 0 Å². The second-order valence-corrected chi connectivity index (χ2v) is 7.69. The molecular formula is C14H30N2. The molecule has 0 aromatic rings. The molecule has 0 bridgehead atoms. The summed E-state index contributed by atoms with van der Waals surface area (Å²) in [6.07, 6.45) is 3.80. The topological polar surface area (TPSA) is 29.3 Å². The van der Waals surface area contributed by atoms with E-state index in [0.29, 0.717) is 10.8 Å². The highest BCUT2D eigenvalue weighted by Gasteiger charge is 2.45. The van der Waals surface area contributed by atoms with Gasteiger partial charge in [0, 0.05) is 18.6 Å². The molecule has 1 fully saturated rings. The van der Waals surface area contributed by atoms with Gasteiger partial charge in [0.2, 0.25) is 0 Å². The molecule has 0 heterocycles. The third kappa shape index (κ3) is 3.21. The van der Waals surface area contributed by atoms with E-state index in [9.17, 15) is 0 Å². The summed E-state index contributed by atoms with van der Waals surface area (Å²) in [7, 11) is 2.25. The highest BCUT2D eigenvalue weighted by molar-refractivity contribution is 5.01. The lowest BCUT2D eigenvalue weighted by Crippen LogP contribution is -2.53. The Morgan fingerprint density at radius 3 is 2.06 bits per heavy atom. The number of hydrogen-bond donors (Lipinski definition) is 1. The zero-order valence-corrected chi connectivity index (χ0v) is 12.1. The van der Waals surface area contributed by atoms with Crippen LogP contribution < -0.4 is 5.73 Å². The summed E-state index contributed by atoms with van der Waals surface area (Å²) in [6, 6.07) is 0. The first-order valence-corrected chi connectivity index (χ1v) is 6.52. The molecule has 2 nitrogen and oxygen atoms in total. The van der Waals surface area contributed by atoms with E-state index < -0.39 is 0 Å². The Labute approximate surface area is 102 Å². The summed E-state index contributed by atoms with van der Waals surface area (Å²) in [5.41, 5.74) is 7.13. The second kappa shape index (κ2) is 4.30. The molecule has 1 aliphatic rings. The fraction of sp³-hybridized carbons (Fsp3) is 1.00. The monoisotopic (exact) mass is 226 g/mol. The summed E-state index contributed by atoms with van der Waals surface area (Å²) >= 11 is 0. The number of hydrogen-bond acceptors (Lipinski definition) is 2. The average molecular weight is 226 g/mol. The minimum Gasteiger partial charge on any atom is -0.329 e. The lowest BCUT2D eigenvalue weighted by molar-refractivity contribution is 0.0819. The van der Waals surface area contributed by atoms with Crippen molar-refractivity contribution in [3.05, 3.63) is 0 Å². The zero-order chi connectivity index (χ0) is 12.6. The van der Waals surface area contributed by atoms with Crippen molar-refractivity contribution in [2.24, 2.45) is 16.6 Å². The third-order valence-corrected chi connectivity index (χ3v) is 3.98. The Hall–Kier alpha value is -0.0800. The van der Waals surface area contributed by atoms with Crippen molar-refractivity contribution in [1.29, 1.82) is 0 Å². The van der Waals surface area contributed by atoms with E-state index in [1.54, 1.807) is 0 Å². The number of rotatable bonds is 3. The SMILES string of the molecule is CN(CC(C)(C)C)C1(CN)CCC(C)(C)C1. The van der Waals surface area contributed by atoms with Crippen LogP contribution in [0.5, 0.6) is 0 Å². The molecule has 0 aromatic carbocycles. The molecule has 0 saturated heterocycles. The van der Waals surface area contributed by atoms with Crippen molar-refractivity contribution in [2.45, 2.75) is 59.4 Å². The predicted octanol–water partition coefficient (Wildman–Crippen LogP) is 2.87. The van der Waals surface area contributed by atoms with Crippen molar-refractivity contribution in [3.8, 4) is 0 Å². The summed E-state index contributed by atoms with van der Waals surface area (Å²) in [5, 5.41) is 0. The highest BCUT2D eigenvalue weighted by Crippen LogP contribution is 2.46. The minimum absolute atomic E-state index is 0.247. The minimum atomic E-state index is 0.247. The molecule has 1 atom stereocenters. The molecule has 16 heavy (non-hydrogen) atoms. The first-order chi connectivity index (χ1) is 7.10. The van der Waals surface area contributed by atoms with Gasteiger partial charge in [-0.3, -0.25) is 4.90 Å². The fourth-order valence-corrected chi connectivity index (χ4v) is 3.17. The van der Waals surface area contributed by atoms with Crippen LogP contribution in [0, 0.1) is 10.8 Å². The van der Waals surface area contributed by atoms with Gasteiger partial charge < -0.3 is 5.73 Å². The highest BCUT2D eigenvalue weighted by atomic mass is 15.2. The molecule has 1 aliphatic carbocycles. The van der Waals surface area contributed by atoms with Crippen LogP contribution >= 0.6 is 0 Å². The maximum Gasteiger partial charge on any atom is 0.0334 e. The molecule has 0 radical (unpaired) electrons. The van der Waals surface area contributed by atoms with Crippen LogP contribution in [-0.2, 0) is 0 Å². The summed E-state index contributed by atoms with van der Waals surface area (Å²) in [4.78, 5) is 2.52. The Balaban J connectivity index is 2.75. The van der Waals surface area contributed by atoms with Gasteiger partial charge in [-0.15, -0.1) is 0 Å². The van der Waals surface area contributed by atoms with E-state index in [-0.39, 0.29) is 5.54 Å². The van der Waals surface area contributed by atoms with E-state index in [4.69, 9.17) is 5.73 Å². The van der Waals surface area contributed by atoms with Crippen molar-refractivity contribution < 1.29 is 0 Å². The lowest BCUT2D eigenvalue weighted by atomic mass is 9.85. The van der Waals surface area contributed by atoms with Gasteiger partial charge in [-0.1, -0.05) is 34.6 Å². The molecule has 0 amide bonds. The molecule has 2 heteroatoms. The predicted molar refractivity (Wildman–Crippen MR) is 71.5 cm³/mol. The van der Waals surface area contributed by atoms with Gasteiger partial charge in [-0.2, -0.15) is 0 Å². The molecule has 0 spiro atoms. The van der Waals surface area contributed by atoms with E-state index in [0.717, 1.165) is 13.1 Å². The molecule has 1 rings (SSSR count). The van der Waals surface area contributed by atoms with Crippen LogP contribution in [0.4, 0.5) is 0 Å². The summed E-state index contributed by atoms with van der Waals surface area (Å²) in [5.74, 6) is 0. The van der Waals surface area contributed by atoms with E-state index in [1.807, 2.05) is 0 Å². The lowest BCUT2D eigenvalue weighted by Gasteiger charge is -2.42. The molecule has 96 valence electrons. The van der Waals surface area contributed by atoms with Crippen LogP contribution in [0.2, 0.25) is 0 Å². The third-order valence-electron chi connectivity index (χ3n) is 3.98. The zero-order valence-electron chi connectivity index (χ0n) is 12.1. The first-order valence-electron chi connectivity index (χ1n) is 6.52. The van der Waals surface area contributed by atoms with Crippen molar-refractivity contribution in [3.63, 3.8) is 0 Å². The van der Waals surface area contributed by atoms with Crippen molar-refractivity contribution >= 4 is 0 Å². The molecule has 1 unspecified atom stereocenters. The molecule has 2 N–H and O–H groups in total. The van der Waals surface area contributed by atoms with E-state index in [2.05, 4.69) is 46.6 Å². The Kier molecular flexibility index (Phi) is 3.76. The largest absolute Gasteiger partial charge is 0.329 e. The maximum absolute atomic E-state index is 6.07. The van der Waals surface area contributed by atoms with Crippen LogP contribution in [0.1, 0.15) is 53.9 Å². The molecule has 1 saturated carbocycles. The van der Waals surface area contributed by atoms with Gasteiger partial charge in [0.15, 0.2) is 0 Å². The van der Waals surface area contributed by atoms with Crippen molar-refractivity contribution in [1.82, 2.24) is 4.90 Å². The Morgan fingerprint density at radius 1 is 1.19 bits per heavy atom. The van der Waals surface area contributed by atoms with Gasteiger partial charge >= 0.3 is 0 Å². The Bertz CT molecular complexity index is 240. The maximum atomic E-state index is 6.07. The van der Waals surface area contributed by atoms with Crippen LogP contribution in [-0.4, -0.2) is 30.6 Å². The molecule has 0 aliphatic heterocycles. The van der Waals surface area contributed by atoms with Crippen LogP contribution in [0.3, 0.4) is 0 Å². The van der Waals surface area contributed by atoms with Crippen molar-refractivity contribution in [2.75, 3.05) is 20.1 Å². The van der Waals surface area contributed by atoms with Crippen LogP contribution in [0.25, 0.3) is 0 Å². The fourth-order valence-electron chi connectivity index (χ4n) is 3.17. The summed E-state index contributed by atoms with van der Waals surface area (Å²) < 4.78 is 0. The van der Waals surface area contributed by atoms with E-state index in [1.165, 1.54) is 19.3 Å². The van der Waals surface area contributed by atoms with Gasteiger partial charge in [0.25, 0.3) is 0 Å². The smallest absolute Gasteiger partial charge is 0.0334 e. The van der Waals surface area contributed by atoms with E-state index >= 15 is 0 Å². The number of nitrogens with two attached hydrogens (primary N) is 1. The number of likely N-dealkylation sites (N-methyl/N-ethyl adjacent to an activating group) is 1.